The van der Waals surface area contributed by atoms with Crippen LogP contribution in [0.4, 0.5) is 13.2 Å². The third-order valence-corrected chi connectivity index (χ3v) is 2.22. The normalized spacial score (nSPS) is 11.6. The van der Waals surface area contributed by atoms with Crippen LogP contribution in [0, 0.1) is 0 Å². The standard InChI is InChI=1S/C9H7BrF3N3O2S/c10-5-1-4(3-15-16-8(14)19)7(17)6(2-5)18-9(11,12)13/h1-3,17H,(H3,14,16,19). The summed E-state index contributed by atoms with van der Waals surface area (Å²) in [4.78, 5) is 0. The fraction of sp³-hybridized carbons (Fsp3) is 0.111. The van der Waals surface area contributed by atoms with Gasteiger partial charge in [-0.15, -0.1) is 13.2 Å². The number of hydrogen-bond donors (Lipinski definition) is 3. The first-order chi connectivity index (χ1) is 8.69. The number of nitrogens with one attached hydrogen (secondary N) is 1. The molecule has 0 spiro atoms. The summed E-state index contributed by atoms with van der Waals surface area (Å²) < 4.78 is 40.3. The lowest BCUT2D eigenvalue weighted by molar-refractivity contribution is -0.275. The largest absolute Gasteiger partial charge is 0.573 e. The molecule has 104 valence electrons. The minimum atomic E-state index is -4.91. The molecule has 5 nitrogen and oxygen atoms in total. The first-order valence-corrected chi connectivity index (χ1v) is 5.76. The Labute approximate surface area is 119 Å². The molecular weight excluding hydrogens is 351 g/mol. The number of nitrogens with two attached hydrogens (primary N) is 1. The van der Waals surface area contributed by atoms with Crippen LogP contribution in [0.1, 0.15) is 5.56 Å². The minimum Gasteiger partial charge on any atom is -0.504 e. The first kappa shape index (κ1) is 15.5. The van der Waals surface area contributed by atoms with Gasteiger partial charge in [-0.3, -0.25) is 5.43 Å². The van der Waals surface area contributed by atoms with Crippen molar-refractivity contribution >= 4 is 39.5 Å². The van der Waals surface area contributed by atoms with E-state index in [1.807, 2.05) is 0 Å². The quantitative estimate of drug-likeness (QED) is 0.439. The number of thiocarbonyl (C=S) groups is 1. The zero-order valence-electron chi connectivity index (χ0n) is 9.03. The third kappa shape index (κ3) is 5.30. The topological polar surface area (TPSA) is 79.9 Å². The summed E-state index contributed by atoms with van der Waals surface area (Å²) >= 11 is 7.46. The van der Waals surface area contributed by atoms with E-state index in [2.05, 4.69) is 43.4 Å². The molecule has 0 fully saturated rings. The monoisotopic (exact) mass is 357 g/mol. The zero-order valence-corrected chi connectivity index (χ0v) is 11.4. The Kier molecular flexibility index (Phi) is 4.95. The second kappa shape index (κ2) is 6.06. The number of phenols is 1. The summed E-state index contributed by atoms with van der Waals surface area (Å²) in [7, 11) is 0. The van der Waals surface area contributed by atoms with E-state index in [0.29, 0.717) is 0 Å². The van der Waals surface area contributed by atoms with Gasteiger partial charge in [-0.25, -0.2) is 0 Å². The molecule has 1 aromatic rings. The lowest BCUT2D eigenvalue weighted by Crippen LogP contribution is -2.24. The van der Waals surface area contributed by atoms with Crippen LogP contribution in [0.5, 0.6) is 11.5 Å². The molecule has 0 aliphatic heterocycles. The third-order valence-electron chi connectivity index (χ3n) is 1.67. The van der Waals surface area contributed by atoms with E-state index >= 15 is 0 Å². The van der Waals surface area contributed by atoms with Crippen molar-refractivity contribution in [2.75, 3.05) is 0 Å². The number of benzene rings is 1. The molecule has 0 bridgehead atoms. The zero-order chi connectivity index (χ0) is 14.6. The summed E-state index contributed by atoms with van der Waals surface area (Å²) in [6, 6.07) is 2.31. The SMILES string of the molecule is NC(=S)NN=Cc1cc(Br)cc(OC(F)(F)F)c1O. The highest BCUT2D eigenvalue weighted by Crippen LogP contribution is 2.36. The Morgan fingerprint density at radius 3 is 2.68 bits per heavy atom. The molecule has 0 saturated carbocycles. The van der Waals surface area contributed by atoms with Gasteiger partial charge in [0.25, 0.3) is 0 Å². The summed E-state index contributed by atoms with van der Waals surface area (Å²) in [6.07, 6.45) is -3.87. The van der Waals surface area contributed by atoms with Gasteiger partial charge < -0.3 is 15.6 Å². The van der Waals surface area contributed by atoms with Crippen LogP contribution in [-0.4, -0.2) is 22.8 Å². The van der Waals surface area contributed by atoms with E-state index < -0.39 is 17.9 Å². The lowest BCUT2D eigenvalue weighted by Gasteiger charge is -2.12. The lowest BCUT2D eigenvalue weighted by atomic mass is 10.2. The van der Waals surface area contributed by atoms with Crippen molar-refractivity contribution in [2.45, 2.75) is 6.36 Å². The highest BCUT2D eigenvalue weighted by molar-refractivity contribution is 9.10. The number of phenolic OH excluding ortho intramolecular Hbond substituents is 1. The van der Waals surface area contributed by atoms with Crippen molar-refractivity contribution in [1.29, 1.82) is 0 Å². The fourth-order valence-corrected chi connectivity index (χ4v) is 1.57. The molecule has 4 N–H and O–H groups in total. The van der Waals surface area contributed by atoms with Crippen molar-refractivity contribution in [3.05, 3.63) is 22.2 Å². The highest BCUT2D eigenvalue weighted by atomic mass is 79.9. The summed E-state index contributed by atoms with van der Waals surface area (Å²) in [5.74, 6) is -1.47. The molecular formula is C9H7BrF3N3O2S. The molecule has 19 heavy (non-hydrogen) atoms. The molecule has 1 aromatic carbocycles. The maximum atomic E-state index is 12.1. The second-order valence-corrected chi connectivity index (χ2v) is 4.48. The Balaban J connectivity index is 3.06. The van der Waals surface area contributed by atoms with Gasteiger partial charge in [0, 0.05) is 10.0 Å². The number of halogens is 4. The Morgan fingerprint density at radius 2 is 2.16 bits per heavy atom. The Morgan fingerprint density at radius 1 is 1.53 bits per heavy atom. The van der Waals surface area contributed by atoms with Crippen molar-refractivity contribution < 1.29 is 23.0 Å². The van der Waals surface area contributed by atoms with E-state index in [-0.39, 0.29) is 15.1 Å². The molecule has 0 amide bonds. The van der Waals surface area contributed by atoms with E-state index in [4.69, 9.17) is 5.73 Å². The summed E-state index contributed by atoms with van der Waals surface area (Å²) in [5.41, 5.74) is 7.28. The van der Waals surface area contributed by atoms with E-state index in [0.717, 1.165) is 12.3 Å². The molecule has 0 unspecified atom stereocenters. The molecule has 0 radical (unpaired) electrons. The highest BCUT2D eigenvalue weighted by Gasteiger charge is 2.32. The van der Waals surface area contributed by atoms with Crippen LogP contribution in [0.2, 0.25) is 0 Å². The number of alkyl halides is 3. The molecule has 1 rings (SSSR count). The van der Waals surface area contributed by atoms with Gasteiger partial charge in [-0.1, -0.05) is 15.9 Å². The van der Waals surface area contributed by atoms with Crippen LogP contribution in [0.25, 0.3) is 0 Å². The maximum absolute atomic E-state index is 12.1. The van der Waals surface area contributed by atoms with E-state index in [1.165, 1.54) is 6.07 Å². The van der Waals surface area contributed by atoms with Crippen LogP contribution in [-0.2, 0) is 0 Å². The molecule has 0 heterocycles. The summed E-state index contributed by atoms with van der Waals surface area (Å²) in [6.45, 7) is 0. The second-order valence-electron chi connectivity index (χ2n) is 3.12. The van der Waals surface area contributed by atoms with Crippen molar-refractivity contribution in [3.63, 3.8) is 0 Å². The molecule has 10 heteroatoms. The van der Waals surface area contributed by atoms with Crippen molar-refractivity contribution in [1.82, 2.24) is 5.43 Å². The summed E-state index contributed by atoms with van der Waals surface area (Å²) in [5, 5.41) is 13.0. The molecule has 0 saturated heterocycles. The van der Waals surface area contributed by atoms with E-state index in [1.54, 1.807) is 0 Å². The average Bonchev–Trinajstić information content (AvgIpc) is 2.21. The van der Waals surface area contributed by atoms with E-state index in [9.17, 15) is 18.3 Å². The molecule has 0 aliphatic carbocycles. The number of ether oxygens (including phenoxy) is 1. The van der Waals surface area contributed by atoms with Gasteiger partial charge in [-0.2, -0.15) is 5.10 Å². The van der Waals surface area contributed by atoms with Gasteiger partial charge in [-0.05, 0) is 24.4 Å². The molecule has 0 aromatic heterocycles. The average molecular weight is 358 g/mol. The smallest absolute Gasteiger partial charge is 0.504 e. The number of hydrogen-bond acceptors (Lipinski definition) is 4. The Bertz CT molecular complexity index is 522. The van der Waals surface area contributed by atoms with Crippen LogP contribution in [0.3, 0.4) is 0 Å². The predicted molar refractivity (Wildman–Crippen MR) is 70.0 cm³/mol. The van der Waals surface area contributed by atoms with Crippen LogP contribution in [0.15, 0.2) is 21.7 Å². The van der Waals surface area contributed by atoms with Gasteiger partial charge in [0.15, 0.2) is 16.6 Å². The van der Waals surface area contributed by atoms with Gasteiger partial charge in [0.05, 0.1) is 6.21 Å². The number of rotatable bonds is 3. The van der Waals surface area contributed by atoms with Crippen LogP contribution >= 0.6 is 28.1 Å². The Hall–Kier alpha value is -1.55. The maximum Gasteiger partial charge on any atom is 0.573 e. The first-order valence-electron chi connectivity index (χ1n) is 4.56. The van der Waals surface area contributed by atoms with Crippen LogP contribution < -0.4 is 15.9 Å². The fourth-order valence-electron chi connectivity index (χ4n) is 1.06. The number of aromatic hydroxyl groups is 1. The number of nitrogens with zero attached hydrogens (tertiary/aromatic N) is 1. The predicted octanol–water partition coefficient (Wildman–Crippen LogP) is 2.22. The molecule has 0 aliphatic rings. The van der Waals surface area contributed by atoms with Gasteiger partial charge >= 0.3 is 6.36 Å². The minimum absolute atomic E-state index is 0.0163. The number of hydrazone groups is 1. The van der Waals surface area contributed by atoms with Gasteiger partial charge in [0.2, 0.25) is 0 Å². The van der Waals surface area contributed by atoms with Gasteiger partial charge in [0.1, 0.15) is 0 Å². The van der Waals surface area contributed by atoms with Crippen molar-refractivity contribution in [3.8, 4) is 11.5 Å². The molecule has 0 atom stereocenters. The van der Waals surface area contributed by atoms with Crippen molar-refractivity contribution in [2.24, 2.45) is 10.8 Å².